The number of nitrogens with one attached hydrogen (secondary N) is 3. The van der Waals surface area contributed by atoms with Gasteiger partial charge in [0.25, 0.3) is 5.91 Å². The summed E-state index contributed by atoms with van der Waals surface area (Å²) >= 11 is 0. The SMILES string of the molecule is CCC(=O)O.O=C(O)CNC(=O)NC(CCCCNC(=O)c1cccnc1)C(=O)O. The van der Waals surface area contributed by atoms with Gasteiger partial charge in [0, 0.05) is 25.4 Å². The molecule has 1 atom stereocenters. The van der Waals surface area contributed by atoms with Crippen molar-refractivity contribution in [3.8, 4) is 0 Å². The molecule has 0 aromatic carbocycles. The molecule has 1 heterocycles. The molecule has 30 heavy (non-hydrogen) atoms. The van der Waals surface area contributed by atoms with Crippen molar-refractivity contribution in [1.29, 1.82) is 0 Å². The van der Waals surface area contributed by atoms with Gasteiger partial charge in [-0.3, -0.25) is 19.4 Å². The largest absolute Gasteiger partial charge is 0.481 e. The van der Waals surface area contributed by atoms with Crippen molar-refractivity contribution in [2.24, 2.45) is 0 Å². The van der Waals surface area contributed by atoms with Gasteiger partial charge in [0.1, 0.15) is 12.6 Å². The Hall–Kier alpha value is -3.70. The van der Waals surface area contributed by atoms with Crippen molar-refractivity contribution >= 4 is 29.8 Å². The molecule has 0 bridgehead atoms. The highest BCUT2D eigenvalue weighted by molar-refractivity contribution is 5.93. The van der Waals surface area contributed by atoms with Gasteiger partial charge in [0.2, 0.25) is 0 Å². The van der Waals surface area contributed by atoms with Crippen molar-refractivity contribution in [3.63, 3.8) is 0 Å². The van der Waals surface area contributed by atoms with Crippen molar-refractivity contribution in [1.82, 2.24) is 20.9 Å². The summed E-state index contributed by atoms with van der Waals surface area (Å²) in [7, 11) is 0. The molecular weight excluding hydrogens is 400 g/mol. The Kier molecular flexibility index (Phi) is 13.4. The van der Waals surface area contributed by atoms with Crippen LogP contribution in [-0.4, -0.2) is 69.3 Å². The minimum atomic E-state index is -1.23. The number of carbonyl (C=O) groups is 5. The van der Waals surface area contributed by atoms with Gasteiger partial charge in [-0.1, -0.05) is 6.92 Å². The lowest BCUT2D eigenvalue weighted by Gasteiger charge is -2.14. The van der Waals surface area contributed by atoms with Crippen LogP contribution in [0, 0.1) is 0 Å². The van der Waals surface area contributed by atoms with Crippen molar-refractivity contribution in [3.05, 3.63) is 30.1 Å². The average Bonchev–Trinajstić information content (AvgIpc) is 2.71. The quantitative estimate of drug-likeness (QED) is 0.270. The van der Waals surface area contributed by atoms with Crippen molar-refractivity contribution < 1.29 is 39.3 Å². The van der Waals surface area contributed by atoms with E-state index in [1.54, 1.807) is 25.3 Å². The van der Waals surface area contributed by atoms with Crippen LogP contribution >= 0.6 is 0 Å². The molecule has 1 aromatic rings. The number of rotatable bonds is 11. The summed E-state index contributed by atoms with van der Waals surface area (Å²) < 4.78 is 0. The number of hydrogen-bond donors (Lipinski definition) is 6. The van der Waals surface area contributed by atoms with Crippen LogP contribution in [-0.2, 0) is 14.4 Å². The Balaban J connectivity index is 0.00000150. The Labute approximate surface area is 172 Å². The van der Waals surface area contributed by atoms with Gasteiger partial charge in [0.05, 0.1) is 5.56 Å². The first kappa shape index (κ1) is 26.3. The summed E-state index contributed by atoms with van der Waals surface area (Å²) in [5, 5.41) is 32.1. The molecule has 0 saturated heterocycles. The lowest BCUT2D eigenvalue weighted by Crippen LogP contribution is -2.47. The second-order valence-corrected chi connectivity index (χ2v) is 5.85. The topological polar surface area (TPSA) is 195 Å². The van der Waals surface area contributed by atoms with E-state index < -0.39 is 36.5 Å². The number of aromatic nitrogens is 1. The Morgan fingerprint density at radius 1 is 1.03 bits per heavy atom. The van der Waals surface area contributed by atoms with Crippen LogP contribution in [0.3, 0.4) is 0 Å². The number of carbonyl (C=O) groups excluding carboxylic acids is 2. The number of pyridine rings is 1. The van der Waals surface area contributed by atoms with Crippen LogP contribution in [0.4, 0.5) is 4.79 Å². The molecule has 3 amide bonds. The van der Waals surface area contributed by atoms with Gasteiger partial charge in [-0.05, 0) is 31.4 Å². The summed E-state index contributed by atoms with van der Waals surface area (Å²) in [6.45, 7) is 1.35. The Bertz CT molecular complexity index is 711. The molecule has 1 unspecified atom stereocenters. The molecule has 12 heteroatoms. The maximum Gasteiger partial charge on any atom is 0.326 e. The highest BCUT2D eigenvalue weighted by Crippen LogP contribution is 2.02. The zero-order valence-corrected chi connectivity index (χ0v) is 16.5. The number of hydrogen-bond acceptors (Lipinski definition) is 6. The minimum Gasteiger partial charge on any atom is -0.481 e. The maximum atomic E-state index is 11.8. The highest BCUT2D eigenvalue weighted by Gasteiger charge is 2.19. The van der Waals surface area contributed by atoms with E-state index in [2.05, 4.69) is 15.6 Å². The summed E-state index contributed by atoms with van der Waals surface area (Å²) in [4.78, 5) is 57.8. The first-order chi connectivity index (χ1) is 14.2. The van der Waals surface area contributed by atoms with Crippen LogP contribution < -0.4 is 16.0 Å². The van der Waals surface area contributed by atoms with Crippen LogP contribution in [0.1, 0.15) is 43.0 Å². The minimum absolute atomic E-state index is 0.151. The molecule has 0 aliphatic rings. The van der Waals surface area contributed by atoms with Gasteiger partial charge in [-0.2, -0.15) is 0 Å². The van der Waals surface area contributed by atoms with Crippen LogP contribution in [0.25, 0.3) is 0 Å². The molecule has 6 N–H and O–H groups in total. The average molecular weight is 426 g/mol. The molecule has 166 valence electrons. The first-order valence-corrected chi connectivity index (χ1v) is 9.06. The third-order valence-electron chi connectivity index (χ3n) is 3.43. The fraction of sp³-hybridized carbons (Fsp3) is 0.444. The van der Waals surface area contributed by atoms with Crippen LogP contribution in [0.5, 0.6) is 0 Å². The van der Waals surface area contributed by atoms with Gasteiger partial charge < -0.3 is 31.3 Å². The van der Waals surface area contributed by atoms with E-state index in [4.69, 9.17) is 15.3 Å². The van der Waals surface area contributed by atoms with Crippen molar-refractivity contribution in [2.75, 3.05) is 13.1 Å². The standard InChI is InChI=1S/C15H20N4O6.C3H6O2/c20-12(21)9-18-15(25)19-11(14(23)24)5-1-2-7-17-13(22)10-4-3-6-16-8-10;1-2-3(4)5/h3-4,6,8,11H,1-2,5,7,9H2,(H,17,22)(H,20,21)(H,23,24)(H2,18,19,25);2H2,1H3,(H,4,5). The predicted molar refractivity (Wildman–Crippen MR) is 104 cm³/mol. The number of unbranched alkanes of at least 4 members (excludes halogenated alkanes) is 1. The molecule has 0 saturated carbocycles. The third-order valence-corrected chi connectivity index (χ3v) is 3.43. The molecule has 0 fully saturated rings. The number of carboxylic acids is 3. The van der Waals surface area contributed by atoms with E-state index in [1.165, 1.54) is 6.20 Å². The zero-order valence-electron chi connectivity index (χ0n) is 16.5. The van der Waals surface area contributed by atoms with Crippen LogP contribution in [0.2, 0.25) is 0 Å². The van der Waals surface area contributed by atoms with Gasteiger partial charge in [-0.25, -0.2) is 9.59 Å². The summed E-state index contributed by atoms with van der Waals surface area (Å²) in [6.07, 6.45) is 4.34. The lowest BCUT2D eigenvalue weighted by molar-refractivity contribution is -0.139. The van der Waals surface area contributed by atoms with E-state index >= 15 is 0 Å². The molecule has 0 aliphatic carbocycles. The third kappa shape index (κ3) is 13.5. The molecule has 0 radical (unpaired) electrons. The lowest BCUT2D eigenvalue weighted by atomic mass is 10.1. The van der Waals surface area contributed by atoms with E-state index in [-0.39, 0.29) is 18.7 Å². The predicted octanol–water partition coefficient (Wildman–Crippen LogP) is 0.300. The number of amides is 3. The Morgan fingerprint density at radius 3 is 2.20 bits per heavy atom. The van der Waals surface area contributed by atoms with Gasteiger partial charge in [-0.15, -0.1) is 0 Å². The second kappa shape index (κ2) is 15.2. The Morgan fingerprint density at radius 2 is 1.70 bits per heavy atom. The zero-order chi connectivity index (χ0) is 22.9. The van der Waals surface area contributed by atoms with Gasteiger partial charge >= 0.3 is 23.9 Å². The molecule has 0 spiro atoms. The summed E-state index contributed by atoms with van der Waals surface area (Å²) in [6, 6.07) is 1.28. The number of carboxylic acid groups (broad SMARTS) is 3. The molecular formula is C18H26N4O8. The molecule has 1 aromatic heterocycles. The van der Waals surface area contributed by atoms with E-state index in [1.807, 2.05) is 5.32 Å². The number of urea groups is 1. The maximum absolute atomic E-state index is 11.8. The molecule has 1 rings (SSSR count). The van der Waals surface area contributed by atoms with E-state index in [0.29, 0.717) is 24.9 Å². The molecule has 0 aliphatic heterocycles. The van der Waals surface area contributed by atoms with Gasteiger partial charge in [0.15, 0.2) is 0 Å². The van der Waals surface area contributed by atoms with E-state index in [0.717, 1.165) is 0 Å². The normalized spacial score (nSPS) is 10.6. The second-order valence-electron chi connectivity index (χ2n) is 5.85. The first-order valence-electron chi connectivity index (χ1n) is 9.06. The number of nitrogens with zero attached hydrogens (tertiary/aromatic N) is 1. The summed E-state index contributed by atoms with van der Waals surface area (Å²) in [5.74, 6) is -3.46. The van der Waals surface area contributed by atoms with Crippen molar-refractivity contribution in [2.45, 2.75) is 38.6 Å². The number of aliphatic carboxylic acids is 3. The van der Waals surface area contributed by atoms with Crippen LogP contribution in [0.15, 0.2) is 24.5 Å². The monoisotopic (exact) mass is 426 g/mol. The smallest absolute Gasteiger partial charge is 0.326 e. The highest BCUT2D eigenvalue weighted by atomic mass is 16.4. The fourth-order valence-electron chi connectivity index (χ4n) is 1.90. The summed E-state index contributed by atoms with van der Waals surface area (Å²) in [5.41, 5.74) is 0.433. The fourth-order valence-corrected chi connectivity index (χ4v) is 1.90. The molecule has 12 nitrogen and oxygen atoms in total. The van der Waals surface area contributed by atoms with E-state index in [9.17, 15) is 24.0 Å².